The lowest BCUT2D eigenvalue weighted by Gasteiger charge is -2.27. The minimum Gasteiger partial charge on any atom is -0.469 e. The zero-order valence-corrected chi connectivity index (χ0v) is 17.9. The molecular weight excluding hydrogens is 406 g/mol. The van der Waals surface area contributed by atoms with E-state index >= 15 is 0 Å². The molecule has 0 bridgehead atoms. The fourth-order valence-corrected chi connectivity index (χ4v) is 3.79. The van der Waals surface area contributed by atoms with Crippen molar-refractivity contribution in [3.63, 3.8) is 0 Å². The number of esters is 2. The fourth-order valence-electron chi connectivity index (χ4n) is 3.79. The number of rotatable bonds is 6. The van der Waals surface area contributed by atoms with Crippen LogP contribution in [0.5, 0.6) is 5.75 Å². The molecule has 162 valence electrons. The van der Waals surface area contributed by atoms with Gasteiger partial charge in [-0.25, -0.2) is 4.79 Å². The van der Waals surface area contributed by atoms with Gasteiger partial charge >= 0.3 is 11.9 Å². The molecule has 1 aliphatic rings. The summed E-state index contributed by atoms with van der Waals surface area (Å²) in [5.41, 5.74) is 3.85. The first-order chi connectivity index (χ1) is 15.5. The zero-order valence-electron chi connectivity index (χ0n) is 17.9. The van der Waals surface area contributed by atoms with Gasteiger partial charge in [-0.15, -0.1) is 0 Å². The summed E-state index contributed by atoms with van der Waals surface area (Å²) in [6.07, 6.45) is 0.0265. The second-order valence-corrected chi connectivity index (χ2v) is 7.71. The minimum absolute atomic E-state index is 0.0265. The van der Waals surface area contributed by atoms with Crippen LogP contribution in [0, 0.1) is 6.92 Å². The highest BCUT2D eigenvalue weighted by Crippen LogP contribution is 2.34. The van der Waals surface area contributed by atoms with E-state index in [0.29, 0.717) is 23.4 Å². The number of ether oxygens (including phenoxy) is 2. The van der Waals surface area contributed by atoms with Gasteiger partial charge in [0.25, 0.3) is 5.91 Å². The predicted molar refractivity (Wildman–Crippen MR) is 118 cm³/mol. The molecule has 0 radical (unpaired) electrons. The standard InChI is InChI=1S/C26H23NO5/c1-17-7-9-19(10-8-17)26(30)32-21-13-11-18(12-14-21)23(15-24(28)31-2)27-16-20-5-3-4-6-22(20)25(27)29/h3-14,23H,15-16H2,1-2H3/t23-/m0/s1. The van der Waals surface area contributed by atoms with Crippen LogP contribution in [0.4, 0.5) is 0 Å². The van der Waals surface area contributed by atoms with Crippen molar-refractivity contribution in [2.75, 3.05) is 7.11 Å². The summed E-state index contributed by atoms with van der Waals surface area (Å²) < 4.78 is 10.3. The summed E-state index contributed by atoms with van der Waals surface area (Å²) >= 11 is 0. The zero-order chi connectivity index (χ0) is 22.7. The number of hydrogen-bond acceptors (Lipinski definition) is 5. The van der Waals surface area contributed by atoms with E-state index in [1.807, 2.05) is 37.3 Å². The van der Waals surface area contributed by atoms with Crippen molar-refractivity contribution in [3.05, 3.63) is 101 Å². The minimum atomic E-state index is -0.496. The van der Waals surface area contributed by atoms with Gasteiger partial charge in [-0.05, 0) is 48.4 Å². The first-order valence-electron chi connectivity index (χ1n) is 10.3. The molecule has 0 aromatic heterocycles. The quantitative estimate of drug-likeness (QED) is 0.427. The molecule has 3 aromatic carbocycles. The van der Waals surface area contributed by atoms with E-state index in [0.717, 1.165) is 16.7 Å². The van der Waals surface area contributed by atoms with Crippen LogP contribution >= 0.6 is 0 Å². The Morgan fingerprint density at radius 1 is 0.969 bits per heavy atom. The monoisotopic (exact) mass is 429 g/mol. The molecule has 4 rings (SSSR count). The third-order valence-electron chi connectivity index (χ3n) is 5.58. The Kier molecular flexibility index (Phi) is 6.03. The summed E-state index contributed by atoms with van der Waals surface area (Å²) in [7, 11) is 1.33. The van der Waals surface area contributed by atoms with Gasteiger partial charge in [0, 0.05) is 12.1 Å². The van der Waals surface area contributed by atoms with Crippen LogP contribution in [0.25, 0.3) is 0 Å². The maximum atomic E-state index is 13.0. The van der Waals surface area contributed by atoms with Crippen LogP contribution in [-0.2, 0) is 16.1 Å². The van der Waals surface area contributed by atoms with E-state index < -0.39 is 18.0 Å². The van der Waals surface area contributed by atoms with E-state index in [-0.39, 0.29) is 12.3 Å². The van der Waals surface area contributed by atoms with E-state index in [9.17, 15) is 14.4 Å². The maximum absolute atomic E-state index is 13.0. The Labute approximate surface area is 186 Å². The van der Waals surface area contributed by atoms with Gasteiger partial charge in [-0.3, -0.25) is 9.59 Å². The highest BCUT2D eigenvalue weighted by Gasteiger charge is 2.34. The van der Waals surface area contributed by atoms with E-state index in [2.05, 4.69) is 0 Å². The summed E-state index contributed by atoms with van der Waals surface area (Å²) in [4.78, 5) is 39.1. The third kappa shape index (κ3) is 4.39. The number of amides is 1. The number of aryl methyl sites for hydroxylation is 1. The van der Waals surface area contributed by atoms with Crippen molar-refractivity contribution in [3.8, 4) is 5.75 Å². The Hall–Kier alpha value is -3.93. The lowest BCUT2D eigenvalue weighted by Crippen LogP contribution is -2.31. The normalized spacial score (nSPS) is 13.4. The smallest absolute Gasteiger partial charge is 0.343 e. The third-order valence-corrected chi connectivity index (χ3v) is 5.58. The van der Waals surface area contributed by atoms with E-state index in [1.54, 1.807) is 47.4 Å². The highest BCUT2D eigenvalue weighted by atomic mass is 16.5. The Morgan fingerprint density at radius 2 is 1.66 bits per heavy atom. The van der Waals surface area contributed by atoms with Gasteiger partial charge in [0.15, 0.2) is 0 Å². The van der Waals surface area contributed by atoms with Crippen LogP contribution in [0.15, 0.2) is 72.8 Å². The van der Waals surface area contributed by atoms with Crippen molar-refractivity contribution in [1.82, 2.24) is 4.90 Å². The molecule has 0 spiro atoms. The second kappa shape index (κ2) is 9.06. The molecule has 1 heterocycles. The Bertz CT molecular complexity index is 1150. The molecular formula is C26H23NO5. The molecule has 32 heavy (non-hydrogen) atoms. The summed E-state index contributed by atoms with van der Waals surface area (Å²) in [6, 6.07) is 20.9. The maximum Gasteiger partial charge on any atom is 0.343 e. The van der Waals surface area contributed by atoms with Gasteiger partial charge in [-0.2, -0.15) is 0 Å². The average molecular weight is 429 g/mol. The molecule has 1 amide bonds. The molecule has 0 N–H and O–H groups in total. The molecule has 1 atom stereocenters. The number of hydrogen-bond donors (Lipinski definition) is 0. The van der Waals surface area contributed by atoms with Crippen LogP contribution in [0.2, 0.25) is 0 Å². The van der Waals surface area contributed by atoms with Gasteiger partial charge in [0.1, 0.15) is 5.75 Å². The van der Waals surface area contributed by atoms with E-state index in [1.165, 1.54) is 7.11 Å². The summed E-state index contributed by atoms with van der Waals surface area (Å²) in [5, 5.41) is 0. The lowest BCUT2D eigenvalue weighted by molar-refractivity contribution is -0.141. The second-order valence-electron chi connectivity index (χ2n) is 7.71. The van der Waals surface area contributed by atoms with Crippen LogP contribution in [-0.4, -0.2) is 29.9 Å². The number of nitrogens with zero attached hydrogens (tertiary/aromatic N) is 1. The average Bonchev–Trinajstić information content (AvgIpc) is 3.14. The Balaban J connectivity index is 1.54. The molecule has 6 heteroatoms. The molecule has 6 nitrogen and oxygen atoms in total. The number of carbonyl (C=O) groups excluding carboxylic acids is 3. The highest BCUT2D eigenvalue weighted by molar-refractivity contribution is 5.98. The fraction of sp³-hybridized carbons (Fsp3) is 0.192. The van der Waals surface area contributed by atoms with Crippen molar-refractivity contribution in [2.45, 2.75) is 25.9 Å². The van der Waals surface area contributed by atoms with Crippen molar-refractivity contribution in [1.29, 1.82) is 0 Å². The van der Waals surface area contributed by atoms with E-state index in [4.69, 9.17) is 9.47 Å². The van der Waals surface area contributed by atoms with Gasteiger partial charge in [0.05, 0.1) is 25.1 Å². The van der Waals surface area contributed by atoms with Crippen LogP contribution < -0.4 is 4.74 Å². The topological polar surface area (TPSA) is 72.9 Å². The van der Waals surface area contributed by atoms with Crippen molar-refractivity contribution in [2.24, 2.45) is 0 Å². The number of benzene rings is 3. The molecule has 0 aliphatic carbocycles. The summed E-state index contributed by atoms with van der Waals surface area (Å²) in [5.74, 6) is -0.598. The lowest BCUT2D eigenvalue weighted by atomic mass is 10.0. The number of fused-ring (bicyclic) bond motifs is 1. The largest absolute Gasteiger partial charge is 0.469 e. The SMILES string of the molecule is COC(=O)C[C@@H](c1ccc(OC(=O)c2ccc(C)cc2)cc1)N1Cc2ccccc2C1=O. The molecule has 3 aromatic rings. The molecule has 1 aliphatic heterocycles. The predicted octanol–water partition coefficient (Wildman–Crippen LogP) is 4.47. The summed E-state index contributed by atoms with van der Waals surface area (Å²) in [6.45, 7) is 2.36. The van der Waals surface area contributed by atoms with Crippen molar-refractivity contribution < 1.29 is 23.9 Å². The molecule has 0 saturated heterocycles. The van der Waals surface area contributed by atoms with Gasteiger partial charge < -0.3 is 14.4 Å². The van der Waals surface area contributed by atoms with Crippen molar-refractivity contribution >= 4 is 17.8 Å². The number of carbonyl (C=O) groups is 3. The molecule has 0 unspecified atom stereocenters. The first kappa shape index (κ1) is 21.3. The first-order valence-corrected chi connectivity index (χ1v) is 10.3. The van der Waals surface area contributed by atoms with Gasteiger partial charge in [-0.1, -0.05) is 48.0 Å². The molecule has 0 fully saturated rings. The molecule has 0 saturated carbocycles. The Morgan fingerprint density at radius 3 is 2.31 bits per heavy atom. The van der Waals surface area contributed by atoms with Crippen LogP contribution in [0.1, 0.15) is 49.9 Å². The van der Waals surface area contributed by atoms with Crippen LogP contribution in [0.3, 0.4) is 0 Å². The van der Waals surface area contributed by atoms with Gasteiger partial charge in [0.2, 0.25) is 0 Å². The number of methoxy groups -OCH3 is 1.